The van der Waals surface area contributed by atoms with Crippen LogP contribution in [0, 0.1) is 5.89 Å². The molecule has 0 saturated carbocycles. The van der Waals surface area contributed by atoms with Crippen LogP contribution >= 0.6 is 23.1 Å². The highest BCUT2D eigenvalue weighted by Gasteiger charge is 2.34. The Labute approximate surface area is 310 Å². The molecule has 0 spiro atoms. The minimum absolute atomic E-state index is 0.254. The fourth-order valence-electron chi connectivity index (χ4n) is 5.53. The Morgan fingerprint density at radius 2 is 1.76 bits per heavy atom. The van der Waals surface area contributed by atoms with Crippen LogP contribution in [-0.2, 0) is 26.0 Å². The van der Waals surface area contributed by atoms with Crippen LogP contribution in [0.25, 0.3) is 10.2 Å². The van der Waals surface area contributed by atoms with E-state index in [-0.39, 0.29) is 17.1 Å². The summed E-state index contributed by atoms with van der Waals surface area (Å²) in [4.78, 5) is 35.5. The van der Waals surface area contributed by atoms with Gasteiger partial charge in [0.1, 0.15) is 6.04 Å². The van der Waals surface area contributed by atoms with Crippen molar-refractivity contribution in [1.29, 1.82) is 0 Å². The number of aliphatic hydroxyl groups is 1. The highest BCUT2D eigenvalue weighted by molar-refractivity contribution is 7.99. The number of ether oxygens (including phenoxy) is 1. The Morgan fingerprint density at radius 3 is 2.40 bits per heavy atom. The number of benzene rings is 3. The number of thioether (sulfide) groups is 1. The predicted molar refractivity (Wildman–Crippen MR) is 197 cm³/mol. The van der Waals surface area contributed by atoms with Crippen molar-refractivity contribution in [2.45, 2.75) is 47.9 Å². The van der Waals surface area contributed by atoms with Crippen LogP contribution in [-0.4, -0.2) is 77.8 Å². The van der Waals surface area contributed by atoms with Crippen molar-refractivity contribution in [3.05, 3.63) is 120 Å². The molecule has 2 N–H and O–H groups in total. The predicted octanol–water partition coefficient (Wildman–Crippen LogP) is 6.16. The van der Waals surface area contributed by atoms with Crippen LogP contribution in [0.5, 0.6) is 0 Å². The van der Waals surface area contributed by atoms with Gasteiger partial charge in [0, 0.05) is 51.5 Å². The van der Waals surface area contributed by atoms with Gasteiger partial charge in [-0.05, 0) is 46.8 Å². The molecule has 2 atom stereocenters. The van der Waals surface area contributed by atoms with Gasteiger partial charge in [-0.2, -0.15) is 4.31 Å². The van der Waals surface area contributed by atoms with Gasteiger partial charge >= 0.3 is 6.09 Å². The number of aromatic nitrogens is 2. The second-order valence-corrected chi connectivity index (χ2v) is 15.0. The normalized spacial score (nSPS) is 15.9. The average molecular weight is 740 g/mol. The average Bonchev–Trinajstić information content (AvgIpc) is 3.66. The van der Waals surface area contributed by atoms with Crippen LogP contribution in [0.15, 0.2) is 113 Å². The maximum absolute atomic E-state index is 14.4. The van der Waals surface area contributed by atoms with Gasteiger partial charge in [-0.25, -0.2) is 18.2 Å². The lowest BCUT2D eigenvalue weighted by Gasteiger charge is -2.31. The van der Waals surface area contributed by atoms with Gasteiger partial charge in [-0.3, -0.25) is 9.78 Å². The summed E-state index contributed by atoms with van der Waals surface area (Å²) in [6.07, 6.45) is 1.81. The number of pyridine rings is 1. The van der Waals surface area contributed by atoms with Crippen molar-refractivity contribution in [2.75, 3.05) is 26.0 Å². The third-order valence-electron chi connectivity index (χ3n) is 7.95. The van der Waals surface area contributed by atoms with Gasteiger partial charge < -0.3 is 15.2 Å². The molecule has 10 nitrogen and oxygen atoms in total. The Kier molecular flexibility index (Phi) is 9.81. The van der Waals surface area contributed by atoms with Gasteiger partial charge in [-0.15, -0.1) is 23.1 Å². The Balaban J connectivity index is 1.50. The van der Waals surface area contributed by atoms with E-state index in [0.717, 1.165) is 34.2 Å². The van der Waals surface area contributed by atoms with Gasteiger partial charge in [0.05, 0.1) is 40.4 Å². The molecular formula is C37H40N4O6S3. The highest BCUT2D eigenvalue weighted by atomic mass is 32.2. The van der Waals surface area contributed by atoms with E-state index in [9.17, 15) is 23.1 Å². The maximum Gasteiger partial charge on any atom is 0.407 e. The van der Waals surface area contributed by atoms with Crippen molar-refractivity contribution in [2.24, 2.45) is 5.89 Å². The second kappa shape index (κ2) is 17.2. The number of carbonyl (C=O) groups is 2. The summed E-state index contributed by atoms with van der Waals surface area (Å²) < 4.78 is 91.5. The molecular weight excluding hydrogens is 693 g/mol. The van der Waals surface area contributed by atoms with Crippen molar-refractivity contribution in [3.63, 3.8) is 0 Å². The number of fused-ring (bicyclic) bond motifs is 1. The number of aliphatic hydroxyl groups excluding tert-OH is 1. The molecule has 50 heavy (non-hydrogen) atoms. The molecule has 2 aromatic heterocycles. The first-order valence-electron chi connectivity index (χ1n) is 18.9. The van der Waals surface area contributed by atoms with Crippen LogP contribution in [0.2, 0.25) is 0 Å². The van der Waals surface area contributed by atoms with E-state index in [2.05, 4.69) is 15.3 Å². The lowest BCUT2D eigenvalue weighted by molar-refractivity contribution is -0.120. The summed E-state index contributed by atoms with van der Waals surface area (Å²) in [6, 6.07) is 21.3. The molecule has 5 aromatic rings. The summed E-state index contributed by atoms with van der Waals surface area (Å²) in [5, 5.41) is 13.4. The molecule has 0 fully saturated rings. The summed E-state index contributed by atoms with van der Waals surface area (Å²) in [6.45, 7) is -9.12. The number of rotatable bonds is 16. The number of Topliss-reactive ketones (excluding diaryl/α,β-unsaturated/α-hetero) is 1. The number of ketones is 1. The third kappa shape index (κ3) is 8.95. The summed E-state index contributed by atoms with van der Waals surface area (Å²) in [7, 11) is -3.57. The fourth-order valence-corrected chi connectivity index (χ4v) is 9.15. The zero-order chi connectivity index (χ0) is 41.6. The first-order valence-corrected chi connectivity index (χ1v) is 18.7. The highest BCUT2D eigenvalue weighted by Crippen LogP contribution is 2.32. The van der Waals surface area contributed by atoms with Gasteiger partial charge in [-0.1, -0.05) is 74.4 Å². The minimum Gasteiger partial charge on any atom is -0.453 e. The molecule has 0 bridgehead atoms. The van der Waals surface area contributed by atoms with E-state index < -0.39 is 72.7 Å². The molecule has 13 heteroatoms. The number of nitrogens with one attached hydrogen (secondary N) is 1. The Morgan fingerprint density at radius 1 is 1.06 bits per heavy atom. The number of methoxy groups -OCH3 is 1. The summed E-state index contributed by atoms with van der Waals surface area (Å²) in [5.74, 6) is -4.59. The van der Waals surface area contributed by atoms with Crippen LogP contribution in [0.3, 0.4) is 0 Å². The number of sulfonamides is 1. The van der Waals surface area contributed by atoms with Gasteiger partial charge in [0.15, 0.2) is 5.78 Å². The topological polar surface area (TPSA) is 139 Å². The molecule has 0 aliphatic heterocycles. The first kappa shape index (κ1) is 28.5. The Hall–Kier alpha value is -4.14. The number of carbonyl (C=O) groups excluding carboxylic acids is 2. The lowest BCUT2D eigenvalue weighted by atomic mass is 9.82. The molecule has 0 saturated heterocycles. The molecule has 0 aliphatic rings. The number of alkyl carbamates (subject to hydrolysis) is 1. The molecule has 262 valence electrons. The van der Waals surface area contributed by atoms with Gasteiger partial charge in [0.25, 0.3) is 0 Å². The quantitative estimate of drug-likeness (QED) is 0.114. The lowest BCUT2D eigenvalue weighted by Crippen LogP contribution is -2.46. The van der Waals surface area contributed by atoms with Crippen molar-refractivity contribution >= 4 is 55.2 Å². The molecule has 1 amide bonds. The van der Waals surface area contributed by atoms with Crippen LogP contribution in [0.4, 0.5) is 4.79 Å². The molecule has 0 unspecified atom stereocenters. The van der Waals surface area contributed by atoms with Crippen molar-refractivity contribution in [1.82, 2.24) is 19.6 Å². The summed E-state index contributed by atoms with van der Waals surface area (Å²) >= 11 is 2.17. The standard InChI is InChI=1S/C37H40N4O6S3/c1-25(2)21-41(50(45,46)30-14-15-31-34(19-30)49-24-39-31)29(22-42)23-48-33-16-17-38-20-28(33)18-32(43)36(40-37(44)47-3)35(26-10-6-4-7-11-26)27-12-8-5-9-13-27/h4-17,19-20,24-25,29,35-36,42H,18,21-23H2,1-3H3,(H,40,44)/t29-,36-/m1/s1/i1D3,2D3,25D. The summed E-state index contributed by atoms with van der Waals surface area (Å²) in [5.41, 5.74) is 3.91. The molecule has 2 heterocycles. The number of hydrogen-bond acceptors (Lipinski definition) is 10. The number of amides is 1. The van der Waals surface area contributed by atoms with Crippen molar-refractivity contribution < 1.29 is 37.4 Å². The third-order valence-corrected chi connectivity index (χ3v) is 11.9. The van der Waals surface area contributed by atoms with Crippen LogP contribution in [0.1, 0.15) is 45.9 Å². The zero-order valence-electron chi connectivity index (χ0n) is 33.9. The molecule has 0 radical (unpaired) electrons. The first-order chi connectivity index (χ1) is 26.9. The second-order valence-electron chi connectivity index (χ2n) is 11.2. The molecule has 0 aliphatic carbocycles. The SMILES string of the molecule is [2H]C([2H])([2H])C([2H])(CN([C@H](CO)CSc1ccncc1CC(=O)[C@@H](NC(=O)OC)C(c1ccccc1)c1ccccc1)S(=O)(=O)c1ccc2ncsc2c1)C([2H])([2H])[2H]. The van der Waals surface area contributed by atoms with E-state index >= 15 is 0 Å². The smallest absolute Gasteiger partial charge is 0.407 e. The van der Waals surface area contributed by atoms with E-state index in [4.69, 9.17) is 14.3 Å². The van der Waals surface area contributed by atoms with Crippen LogP contribution < -0.4 is 5.32 Å². The van der Waals surface area contributed by atoms with E-state index in [1.165, 1.54) is 43.2 Å². The zero-order valence-corrected chi connectivity index (χ0v) is 29.4. The largest absolute Gasteiger partial charge is 0.453 e. The number of thiazole rings is 1. The van der Waals surface area contributed by atoms with E-state index in [1.807, 2.05) is 60.7 Å². The Bertz CT molecular complexity index is 2210. The maximum atomic E-state index is 14.4. The number of hydrogen-bond donors (Lipinski definition) is 2. The van der Waals surface area contributed by atoms with E-state index in [0.29, 0.717) is 25.0 Å². The number of nitrogens with zero attached hydrogens (tertiary/aromatic N) is 3. The fraction of sp³-hybridized carbons (Fsp3) is 0.297. The van der Waals surface area contributed by atoms with Crippen molar-refractivity contribution in [3.8, 4) is 0 Å². The molecule has 5 rings (SSSR count). The minimum atomic E-state index is -4.76. The molecule has 3 aromatic carbocycles. The van der Waals surface area contributed by atoms with Gasteiger partial charge in [0.2, 0.25) is 10.0 Å². The van der Waals surface area contributed by atoms with E-state index in [1.54, 1.807) is 6.07 Å². The monoisotopic (exact) mass is 739 g/mol.